The van der Waals surface area contributed by atoms with Crippen molar-refractivity contribution in [2.45, 2.75) is 25.9 Å². The zero-order valence-electron chi connectivity index (χ0n) is 19.4. The van der Waals surface area contributed by atoms with Gasteiger partial charge in [0, 0.05) is 67.7 Å². The average Bonchev–Trinajstić information content (AvgIpc) is 3.48. The Hall–Kier alpha value is -3.21. The van der Waals surface area contributed by atoms with Crippen LogP contribution in [-0.2, 0) is 13.0 Å². The van der Waals surface area contributed by atoms with Crippen LogP contribution in [0.3, 0.4) is 0 Å². The van der Waals surface area contributed by atoms with E-state index in [9.17, 15) is 0 Å². The number of H-pyrrole nitrogens is 1. The molecule has 2 aromatic heterocycles. The fraction of sp³-hybridized carbons (Fsp3) is 0.276. The first-order valence-corrected chi connectivity index (χ1v) is 11.9. The van der Waals surface area contributed by atoms with E-state index in [4.69, 9.17) is 4.98 Å². The lowest BCUT2D eigenvalue weighted by Crippen LogP contribution is -2.49. The molecule has 1 saturated heterocycles. The van der Waals surface area contributed by atoms with Crippen LogP contribution in [0.25, 0.3) is 27.6 Å². The minimum absolute atomic E-state index is 0.621. The molecular formula is C29H30N4. The molecule has 1 aliphatic heterocycles. The van der Waals surface area contributed by atoms with E-state index in [1.165, 1.54) is 50.0 Å². The summed E-state index contributed by atoms with van der Waals surface area (Å²) in [4.78, 5) is 13.1. The fourth-order valence-corrected chi connectivity index (χ4v) is 5.18. The SMILES string of the molecule is CC1CN(Cc2ccc(-c3cnc4c(c3)C(c3ccc5[nH]ccc5c3)=CC4)cc2)CCN1C. The number of rotatable bonds is 4. The normalized spacial score (nSPS) is 19.1. The smallest absolute Gasteiger partial charge is 0.0520 e. The molecule has 4 nitrogen and oxygen atoms in total. The van der Waals surface area contributed by atoms with Gasteiger partial charge in [-0.05, 0) is 65.9 Å². The quantitative estimate of drug-likeness (QED) is 0.470. The number of aromatic amines is 1. The number of nitrogens with zero attached hydrogens (tertiary/aromatic N) is 3. The summed E-state index contributed by atoms with van der Waals surface area (Å²) in [5, 5.41) is 1.25. The number of piperazine rings is 1. The van der Waals surface area contributed by atoms with Gasteiger partial charge >= 0.3 is 0 Å². The molecule has 3 heterocycles. The number of hydrogen-bond donors (Lipinski definition) is 1. The van der Waals surface area contributed by atoms with Crippen LogP contribution in [0.15, 0.2) is 73.1 Å². The molecule has 0 spiro atoms. The van der Waals surface area contributed by atoms with E-state index in [1.54, 1.807) is 0 Å². The number of allylic oxidation sites excluding steroid dienone is 1. The number of hydrogen-bond acceptors (Lipinski definition) is 3. The minimum atomic E-state index is 0.621. The van der Waals surface area contributed by atoms with Crippen LogP contribution in [0.4, 0.5) is 0 Å². The van der Waals surface area contributed by atoms with Crippen molar-refractivity contribution in [3.05, 3.63) is 95.5 Å². The summed E-state index contributed by atoms with van der Waals surface area (Å²) < 4.78 is 0. The lowest BCUT2D eigenvalue weighted by molar-refractivity contribution is 0.1000. The maximum absolute atomic E-state index is 4.82. The molecule has 4 heteroatoms. The third kappa shape index (κ3) is 3.90. The molecule has 1 fully saturated rings. The van der Waals surface area contributed by atoms with Crippen molar-refractivity contribution in [3.8, 4) is 11.1 Å². The van der Waals surface area contributed by atoms with Crippen molar-refractivity contribution < 1.29 is 0 Å². The highest BCUT2D eigenvalue weighted by Gasteiger charge is 2.21. The molecule has 33 heavy (non-hydrogen) atoms. The summed E-state index contributed by atoms with van der Waals surface area (Å²) >= 11 is 0. The van der Waals surface area contributed by atoms with Gasteiger partial charge in [-0.3, -0.25) is 9.88 Å². The van der Waals surface area contributed by atoms with Gasteiger partial charge in [0.25, 0.3) is 0 Å². The van der Waals surface area contributed by atoms with E-state index in [1.807, 2.05) is 12.4 Å². The second kappa shape index (κ2) is 8.29. The van der Waals surface area contributed by atoms with E-state index in [2.05, 4.69) is 89.4 Å². The first-order valence-electron chi connectivity index (χ1n) is 11.9. The Bertz CT molecular complexity index is 1330. The average molecular weight is 435 g/mol. The van der Waals surface area contributed by atoms with Gasteiger partial charge in [-0.15, -0.1) is 0 Å². The maximum atomic E-state index is 4.82. The molecule has 166 valence electrons. The van der Waals surface area contributed by atoms with Crippen LogP contribution >= 0.6 is 0 Å². The van der Waals surface area contributed by atoms with Crippen LogP contribution in [-0.4, -0.2) is 52.5 Å². The molecular weight excluding hydrogens is 404 g/mol. The van der Waals surface area contributed by atoms with Crippen molar-refractivity contribution in [1.29, 1.82) is 0 Å². The maximum Gasteiger partial charge on any atom is 0.0520 e. The van der Waals surface area contributed by atoms with Gasteiger partial charge in [0.05, 0.1) is 5.69 Å². The molecule has 0 saturated carbocycles. The summed E-state index contributed by atoms with van der Waals surface area (Å²) in [6.07, 6.45) is 7.25. The molecule has 0 bridgehead atoms. The van der Waals surface area contributed by atoms with Gasteiger partial charge in [0.15, 0.2) is 0 Å². The Labute approximate surface area is 195 Å². The molecule has 0 radical (unpaired) electrons. The van der Waals surface area contributed by atoms with Crippen LogP contribution in [0.2, 0.25) is 0 Å². The van der Waals surface area contributed by atoms with E-state index < -0.39 is 0 Å². The van der Waals surface area contributed by atoms with E-state index in [-0.39, 0.29) is 0 Å². The van der Waals surface area contributed by atoms with Crippen LogP contribution in [0.5, 0.6) is 0 Å². The van der Waals surface area contributed by atoms with Gasteiger partial charge in [-0.25, -0.2) is 0 Å². The Morgan fingerprint density at radius 3 is 2.67 bits per heavy atom. The standard InChI is InChI=1S/C29H30N4/c1-20-18-33(14-13-32(20)2)19-21-3-5-22(6-4-21)25-16-27-26(8-10-29(27)31-17-25)23-7-9-28-24(15-23)11-12-30-28/h3-9,11-12,15-17,20,30H,10,13-14,18-19H2,1-2H3. The van der Waals surface area contributed by atoms with Crippen molar-refractivity contribution in [3.63, 3.8) is 0 Å². The summed E-state index contributed by atoms with van der Waals surface area (Å²) in [6, 6.07) is 20.8. The Balaban J connectivity index is 1.23. The number of likely N-dealkylation sites (N-methyl/N-ethyl adjacent to an activating group) is 1. The monoisotopic (exact) mass is 434 g/mol. The van der Waals surface area contributed by atoms with Gasteiger partial charge in [-0.2, -0.15) is 0 Å². The van der Waals surface area contributed by atoms with Crippen LogP contribution in [0.1, 0.15) is 29.3 Å². The fourth-order valence-electron chi connectivity index (χ4n) is 5.18. The third-order valence-electron chi connectivity index (χ3n) is 7.36. The highest BCUT2D eigenvalue weighted by Crippen LogP contribution is 2.35. The van der Waals surface area contributed by atoms with E-state index in [0.29, 0.717) is 6.04 Å². The highest BCUT2D eigenvalue weighted by atomic mass is 15.3. The van der Waals surface area contributed by atoms with Gasteiger partial charge in [0.1, 0.15) is 0 Å². The Morgan fingerprint density at radius 1 is 0.970 bits per heavy atom. The molecule has 0 amide bonds. The van der Waals surface area contributed by atoms with E-state index in [0.717, 1.165) is 32.6 Å². The summed E-state index contributed by atoms with van der Waals surface area (Å²) in [5.41, 5.74) is 9.96. The first-order chi connectivity index (χ1) is 16.1. The van der Waals surface area contributed by atoms with Gasteiger partial charge in [-0.1, -0.05) is 36.4 Å². The molecule has 1 unspecified atom stereocenters. The topological polar surface area (TPSA) is 35.2 Å². The summed E-state index contributed by atoms with van der Waals surface area (Å²) in [7, 11) is 2.22. The van der Waals surface area contributed by atoms with Crippen LogP contribution < -0.4 is 0 Å². The Morgan fingerprint density at radius 2 is 1.82 bits per heavy atom. The van der Waals surface area contributed by atoms with E-state index >= 15 is 0 Å². The zero-order valence-corrected chi connectivity index (χ0v) is 19.4. The number of fused-ring (bicyclic) bond motifs is 2. The lowest BCUT2D eigenvalue weighted by atomic mass is 9.97. The van der Waals surface area contributed by atoms with Crippen molar-refractivity contribution >= 4 is 16.5 Å². The summed E-state index contributed by atoms with van der Waals surface area (Å²) in [6.45, 7) is 6.76. The predicted molar refractivity (Wildman–Crippen MR) is 136 cm³/mol. The predicted octanol–water partition coefficient (Wildman–Crippen LogP) is 5.35. The largest absolute Gasteiger partial charge is 0.361 e. The molecule has 2 aliphatic rings. The summed E-state index contributed by atoms with van der Waals surface area (Å²) in [5.74, 6) is 0. The third-order valence-corrected chi connectivity index (χ3v) is 7.36. The van der Waals surface area contributed by atoms with Crippen molar-refractivity contribution in [1.82, 2.24) is 19.8 Å². The van der Waals surface area contributed by atoms with Crippen LogP contribution in [0, 0.1) is 0 Å². The number of nitrogens with one attached hydrogen (secondary N) is 1. The zero-order chi connectivity index (χ0) is 22.4. The number of benzene rings is 2. The molecule has 4 aromatic rings. The van der Waals surface area contributed by atoms with Gasteiger partial charge in [0.2, 0.25) is 0 Å². The highest BCUT2D eigenvalue weighted by molar-refractivity contribution is 5.90. The molecule has 2 aromatic carbocycles. The minimum Gasteiger partial charge on any atom is -0.361 e. The van der Waals surface area contributed by atoms with Crippen molar-refractivity contribution in [2.75, 3.05) is 26.7 Å². The Kier molecular flexibility index (Phi) is 5.12. The van der Waals surface area contributed by atoms with Gasteiger partial charge < -0.3 is 9.88 Å². The number of pyridine rings is 1. The molecule has 1 N–H and O–H groups in total. The van der Waals surface area contributed by atoms with Crippen molar-refractivity contribution in [2.24, 2.45) is 0 Å². The second-order valence-electron chi connectivity index (χ2n) is 9.58. The number of aromatic nitrogens is 2. The molecule has 6 rings (SSSR count). The first kappa shape index (κ1) is 20.4. The molecule has 1 aliphatic carbocycles. The second-order valence-corrected chi connectivity index (χ2v) is 9.58. The lowest BCUT2D eigenvalue weighted by Gasteiger charge is -2.37. The molecule has 1 atom stereocenters.